The first-order chi connectivity index (χ1) is 15.3. The van der Waals surface area contributed by atoms with Crippen molar-refractivity contribution in [3.05, 3.63) is 48.2 Å². The molecule has 1 aromatic heterocycles. The molecule has 2 fully saturated rings. The molecule has 2 aliphatic rings. The topological polar surface area (TPSA) is 107 Å². The monoisotopic (exact) mass is 464 g/mol. The van der Waals surface area contributed by atoms with Crippen molar-refractivity contribution in [1.82, 2.24) is 14.6 Å². The van der Waals surface area contributed by atoms with Crippen LogP contribution in [0.4, 0.5) is 35.6 Å². The number of nitrogens with one attached hydrogen (secondary N) is 2. The molecule has 0 saturated carbocycles. The van der Waals surface area contributed by atoms with Crippen LogP contribution in [0.15, 0.2) is 36.5 Å². The molecule has 2 aromatic rings. The molecule has 0 spiro atoms. The summed E-state index contributed by atoms with van der Waals surface area (Å²) < 4.78 is 35.4. The molecule has 1 aromatic carbocycles. The Kier molecular flexibility index (Phi) is 5.99. The highest BCUT2D eigenvalue weighted by molar-refractivity contribution is 7.78. The lowest BCUT2D eigenvalue weighted by atomic mass is 10.2. The van der Waals surface area contributed by atoms with E-state index in [4.69, 9.17) is 4.74 Å². The number of carbonyl (C=O) groups is 3. The Hall–Kier alpha value is -3.61. The van der Waals surface area contributed by atoms with Crippen LogP contribution in [0.5, 0.6) is 0 Å². The van der Waals surface area contributed by atoms with Crippen molar-refractivity contribution in [2.45, 2.75) is 6.10 Å². The molecule has 1 unspecified atom stereocenters. The number of benzene rings is 1. The molecule has 2 aliphatic heterocycles. The summed E-state index contributed by atoms with van der Waals surface area (Å²) in [7, 11) is 0. The van der Waals surface area contributed by atoms with Crippen LogP contribution in [0.2, 0.25) is 0 Å². The third-order valence-corrected chi connectivity index (χ3v) is 5.16. The molecule has 2 N–H and O–H groups in total. The van der Waals surface area contributed by atoms with E-state index in [1.165, 1.54) is 11.1 Å². The number of halogens is 2. The summed E-state index contributed by atoms with van der Waals surface area (Å²) >= 11 is 4.10. The van der Waals surface area contributed by atoms with Crippen LogP contribution < -0.4 is 20.4 Å². The molecule has 3 heterocycles. The van der Waals surface area contributed by atoms with E-state index >= 15 is 0 Å². The second-order valence-corrected chi connectivity index (χ2v) is 7.54. The number of anilines is 3. The smallest absolute Gasteiger partial charge is 0.414 e. The summed E-state index contributed by atoms with van der Waals surface area (Å²) in [5.74, 6) is -1.86. The van der Waals surface area contributed by atoms with E-state index in [1.54, 1.807) is 18.2 Å². The molecule has 13 heteroatoms. The predicted octanol–water partition coefficient (Wildman–Crippen LogP) is 1.96. The lowest BCUT2D eigenvalue weighted by Gasteiger charge is -2.20. The molecule has 0 aliphatic carbocycles. The van der Waals surface area contributed by atoms with Gasteiger partial charge in [0, 0.05) is 18.3 Å². The average Bonchev–Trinajstić information content (AvgIpc) is 3.33. The minimum atomic E-state index is -0.918. The molecule has 168 valence electrons. The van der Waals surface area contributed by atoms with E-state index in [1.807, 2.05) is 0 Å². The van der Waals surface area contributed by atoms with Crippen LogP contribution in [0.1, 0.15) is 0 Å². The normalized spacial score (nSPS) is 17.9. The van der Waals surface area contributed by atoms with Gasteiger partial charge in [-0.25, -0.2) is 23.4 Å². The lowest BCUT2D eigenvalue weighted by molar-refractivity contribution is -0.118. The van der Waals surface area contributed by atoms with Crippen molar-refractivity contribution in [2.75, 3.05) is 41.4 Å². The zero-order chi connectivity index (χ0) is 22.8. The van der Waals surface area contributed by atoms with Crippen LogP contribution in [0.25, 0.3) is 0 Å². The molecule has 0 radical (unpaired) electrons. The number of hydrogen-bond acceptors (Lipinski definition) is 7. The Morgan fingerprint density at radius 1 is 1.31 bits per heavy atom. The van der Waals surface area contributed by atoms with Crippen molar-refractivity contribution in [2.24, 2.45) is 0 Å². The highest BCUT2D eigenvalue weighted by Gasteiger charge is 2.35. The Labute approximate surface area is 186 Å². The van der Waals surface area contributed by atoms with Crippen molar-refractivity contribution in [3.63, 3.8) is 0 Å². The van der Waals surface area contributed by atoms with Gasteiger partial charge in [0.05, 0.1) is 32.0 Å². The van der Waals surface area contributed by atoms with Gasteiger partial charge in [0.25, 0.3) is 0 Å². The summed E-state index contributed by atoms with van der Waals surface area (Å²) in [6.07, 6.45) is -0.0800. The van der Waals surface area contributed by atoms with Crippen molar-refractivity contribution < 1.29 is 27.9 Å². The maximum Gasteiger partial charge on any atom is 0.414 e. The summed E-state index contributed by atoms with van der Waals surface area (Å²) in [5.41, 5.74) is -0.401. The third kappa shape index (κ3) is 4.51. The van der Waals surface area contributed by atoms with Gasteiger partial charge < -0.3 is 15.0 Å². The summed E-state index contributed by atoms with van der Waals surface area (Å²) in [6.45, 7) is -0.305. The first kappa shape index (κ1) is 21.6. The van der Waals surface area contributed by atoms with Gasteiger partial charge >= 0.3 is 12.1 Å². The maximum absolute atomic E-state index is 14.6. The number of ether oxygens (including phenoxy) is 1. The number of nitrogens with zero attached hydrogens (tertiary/aromatic N) is 4. The summed E-state index contributed by atoms with van der Waals surface area (Å²) in [6, 6.07) is 6.40. The van der Waals surface area contributed by atoms with E-state index in [0.717, 1.165) is 21.3 Å². The van der Waals surface area contributed by atoms with Gasteiger partial charge in [-0.15, -0.1) is 0 Å². The summed E-state index contributed by atoms with van der Waals surface area (Å²) in [5, 5.41) is 5.00. The molecule has 4 amide bonds. The fourth-order valence-corrected chi connectivity index (χ4v) is 3.58. The van der Waals surface area contributed by atoms with Crippen LogP contribution >= 0.6 is 12.8 Å². The van der Waals surface area contributed by atoms with E-state index in [2.05, 4.69) is 28.4 Å². The molecule has 1 atom stereocenters. The van der Waals surface area contributed by atoms with Crippen LogP contribution in [0.3, 0.4) is 0 Å². The Morgan fingerprint density at radius 2 is 2.06 bits per heavy atom. The first-order valence-electron chi connectivity index (χ1n) is 9.49. The van der Waals surface area contributed by atoms with Crippen LogP contribution in [0, 0.1) is 11.6 Å². The minimum Gasteiger partial charge on any atom is -0.442 e. The van der Waals surface area contributed by atoms with Crippen molar-refractivity contribution in [3.8, 4) is 0 Å². The molecular weight excluding hydrogens is 446 g/mol. The highest BCUT2D eigenvalue weighted by atomic mass is 32.1. The first-order valence-corrected chi connectivity index (χ1v) is 9.89. The number of carbonyl (C=O) groups excluding carboxylic acids is 3. The van der Waals surface area contributed by atoms with E-state index < -0.39 is 29.9 Å². The van der Waals surface area contributed by atoms with Gasteiger partial charge in [-0.1, -0.05) is 18.9 Å². The number of pyridine rings is 1. The predicted molar refractivity (Wildman–Crippen MR) is 113 cm³/mol. The van der Waals surface area contributed by atoms with Gasteiger partial charge in [0.15, 0.2) is 11.6 Å². The second kappa shape index (κ2) is 8.86. The zero-order valence-corrected chi connectivity index (χ0v) is 17.4. The summed E-state index contributed by atoms with van der Waals surface area (Å²) in [4.78, 5) is 42.1. The molecule has 10 nitrogen and oxygen atoms in total. The zero-order valence-electron chi connectivity index (χ0n) is 16.5. The minimum absolute atomic E-state index is 0.0157. The Morgan fingerprint density at radius 3 is 2.69 bits per heavy atom. The van der Waals surface area contributed by atoms with Gasteiger partial charge in [0.2, 0.25) is 5.91 Å². The lowest BCUT2D eigenvalue weighted by Crippen LogP contribution is -2.36. The number of rotatable bonds is 5. The fraction of sp³-hybridized carbons (Fsp3) is 0.263. The van der Waals surface area contributed by atoms with E-state index in [9.17, 15) is 23.2 Å². The number of cyclic esters (lactones) is 1. The van der Waals surface area contributed by atoms with Crippen LogP contribution in [-0.2, 0) is 9.53 Å². The SMILES string of the molecule is O=C1CN(c2c(F)cc(N3CC(CN(S)C(=O)Nc4ccccn4)OC3=O)cc2F)CN1. The third-order valence-electron chi connectivity index (χ3n) is 4.82. The number of amides is 4. The highest BCUT2D eigenvalue weighted by Crippen LogP contribution is 2.31. The number of aromatic nitrogens is 1. The quantitative estimate of drug-likeness (QED) is 0.584. The standard InChI is InChI=1S/C19H18F2N6O4S/c20-13-5-11(6-14(21)17(13)25-9-16(28)23-10-25)26-7-12(31-19(26)30)8-27(32)18(29)24-15-3-1-2-4-22-15/h1-6,12,32H,7-10H2,(H,23,28)(H,22,24,29). The number of thiol groups is 1. The van der Waals surface area contributed by atoms with Crippen LogP contribution in [-0.4, -0.2) is 59.7 Å². The van der Waals surface area contributed by atoms with Crippen molar-refractivity contribution in [1.29, 1.82) is 0 Å². The Balaban J connectivity index is 1.41. The van der Waals surface area contributed by atoms with E-state index in [-0.39, 0.29) is 43.6 Å². The van der Waals surface area contributed by atoms with E-state index in [0.29, 0.717) is 5.82 Å². The Bertz CT molecular complexity index is 1040. The van der Waals surface area contributed by atoms with Gasteiger partial charge in [-0.3, -0.25) is 19.3 Å². The fourth-order valence-electron chi connectivity index (χ4n) is 3.35. The number of urea groups is 1. The maximum atomic E-state index is 14.6. The largest absolute Gasteiger partial charge is 0.442 e. The van der Waals surface area contributed by atoms with Gasteiger partial charge in [-0.05, 0) is 12.1 Å². The molecule has 4 rings (SSSR count). The second-order valence-electron chi connectivity index (χ2n) is 7.06. The molecule has 2 saturated heterocycles. The molecular formula is C19H18F2N6O4S. The van der Waals surface area contributed by atoms with Gasteiger partial charge in [0.1, 0.15) is 17.6 Å². The average molecular weight is 464 g/mol. The van der Waals surface area contributed by atoms with Crippen molar-refractivity contribution >= 4 is 48.0 Å². The molecule has 32 heavy (non-hydrogen) atoms. The van der Waals surface area contributed by atoms with Gasteiger partial charge in [-0.2, -0.15) is 0 Å². The number of hydrogen-bond donors (Lipinski definition) is 3. The molecule has 0 bridgehead atoms.